The molecule has 0 heterocycles. The molecule has 0 saturated carbocycles. The molecule has 0 aliphatic rings. The number of ether oxygens (including phenoxy) is 1. The first-order chi connectivity index (χ1) is 6.45. The molecule has 14 heavy (non-hydrogen) atoms. The SMILES string of the molecule is CCC(=O)[C@@H](C)C(=O)C(=O)C(=O)OC. The molecule has 0 fully saturated rings. The second-order valence-electron chi connectivity index (χ2n) is 2.73. The Labute approximate surface area is 81.4 Å². The number of hydrogen-bond donors (Lipinski definition) is 0. The lowest BCUT2D eigenvalue weighted by Gasteiger charge is -2.05. The topological polar surface area (TPSA) is 77.5 Å². The molecule has 1 atom stereocenters. The normalized spacial score (nSPS) is 11.6. The van der Waals surface area contributed by atoms with E-state index in [1.165, 1.54) is 6.92 Å². The Morgan fingerprint density at radius 1 is 1.21 bits per heavy atom. The van der Waals surface area contributed by atoms with Gasteiger partial charge >= 0.3 is 11.8 Å². The number of methoxy groups -OCH3 is 1. The van der Waals surface area contributed by atoms with Gasteiger partial charge in [-0.3, -0.25) is 14.4 Å². The third-order valence-corrected chi connectivity index (χ3v) is 1.82. The van der Waals surface area contributed by atoms with E-state index in [2.05, 4.69) is 4.74 Å². The molecule has 0 aliphatic heterocycles. The van der Waals surface area contributed by atoms with Crippen molar-refractivity contribution in [1.82, 2.24) is 0 Å². The average molecular weight is 200 g/mol. The van der Waals surface area contributed by atoms with Crippen LogP contribution in [-0.4, -0.2) is 30.4 Å². The molecule has 0 saturated heterocycles. The number of hydrogen-bond acceptors (Lipinski definition) is 5. The van der Waals surface area contributed by atoms with E-state index in [9.17, 15) is 19.2 Å². The maximum Gasteiger partial charge on any atom is 0.382 e. The second kappa shape index (κ2) is 5.26. The minimum atomic E-state index is -1.28. The highest BCUT2D eigenvalue weighted by atomic mass is 16.5. The van der Waals surface area contributed by atoms with Gasteiger partial charge in [0.1, 0.15) is 5.78 Å². The summed E-state index contributed by atoms with van der Waals surface area (Å²) >= 11 is 0. The molecule has 0 spiro atoms. The van der Waals surface area contributed by atoms with E-state index in [4.69, 9.17) is 0 Å². The van der Waals surface area contributed by atoms with Crippen LogP contribution in [0.3, 0.4) is 0 Å². The summed E-state index contributed by atoms with van der Waals surface area (Å²) in [6.45, 7) is 2.88. The minimum absolute atomic E-state index is 0.154. The Morgan fingerprint density at radius 3 is 2.07 bits per heavy atom. The van der Waals surface area contributed by atoms with Gasteiger partial charge in [-0.1, -0.05) is 6.92 Å². The summed E-state index contributed by atoms with van der Waals surface area (Å²) in [5, 5.41) is 0. The summed E-state index contributed by atoms with van der Waals surface area (Å²) in [6, 6.07) is 0. The van der Waals surface area contributed by atoms with Crippen molar-refractivity contribution in [2.45, 2.75) is 20.3 Å². The van der Waals surface area contributed by atoms with Gasteiger partial charge in [0.05, 0.1) is 13.0 Å². The van der Waals surface area contributed by atoms with Gasteiger partial charge in [0.25, 0.3) is 0 Å². The Balaban J connectivity index is 4.55. The lowest BCUT2D eigenvalue weighted by atomic mass is 9.97. The van der Waals surface area contributed by atoms with Crippen LogP contribution < -0.4 is 0 Å². The number of carbonyl (C=O) groups is 4. The van der Waals surface area contributed by atoms with Crippen molar-refractivity contribution >= 4 is 23.3 Å². The predicted octanol–water partition coefficient (Wildman–Crippen LogP) is -0.0872. The van der Waals surface area contributed by atoms with Crippen LogP contribution in [0.5, 0.6) is 0 Å². The number of carbonyl (C=O) groups excluding carboxylic acids is 4. The lowest BCUT2D eigenvalue weighted by molar-refractivity contribution is -0.156. The summed E-state index contributed by atoms with van der Waals surface area (Å²) in [4.78, 5) is 43.8. The zero-order valence-corrected chi connectivity index (χ0v) is 8.33. The van der Waals surface area contributed by atoms with E-state index in [1.54, 1.807) is 6.92 Å². The van der Waals surface area contributed by atoms with Crippen LogP contribution in [0.25, 0.3) is 0 Å². The molecular formula is C9H12O5. The lowest BCUT2D eigenvalue weighted by Crippen LogP contribution is -2.33. The number of rotatable bonds is 5. The van der Waals surface area contributed by atoms with Crippen molar-refractivity contribution in [2.75, 3.05) is 7.11 Å². The first kappa shape index (κ1) is 12.5. The molecule has 5 heteroatoms. The average Bonchev–Trinajstić information content (AvgIpc) is 2.23. The van der Waals surface area contributed by atoms with E-state index >= 15 is 0 Å². The van der Waals surface area contributed by atoms with Crippen LogP contribution in [0.4, 0.5) is 0 Å². The van der Waals surface area contributed by atoms with E-state index < -0.39 is 23.5 Å². The predicted molar refractivity (Wildman–Crippen MR) is 46.5 cm³/mol. The zero-order chi connectivity index (χ0) is 11.3. The molecule has 0 radical (unpaired) electrons. The maximum absolute atomic E-state index is 11.2. The maximum atomic E-state index is 11.2. The number of ketones is 3. The first-order valence-electron chi connectivity index (χ1n) is 4.14. The monoisotopic (exact) mass is 200 g/mol. The van der Waals surface area contributed by atoms with Crippen molar-refractivity contribution in [3.05, 3.63) is 0 Å². The van der Waals surface area contributed by atoms with Crippen molar-refractivity contribution in [1.29, 1.82) is 0 Å². The molecule has 5 nitrogen and oxygen atoms in total. The highest BCUT2D eigenvalue weighted by Crippen LogP contribution is 2.03. The van der Waals surface area contributed by atoms with E-state index in [0.717, 1.165) is 7.11 Å². The zero-order valence-electron chi connectivity index (χ0n) is 8.33. The molecule has 0 unspecified atom stereocenters. The van der Waals surface area contributed by atoms with Crippen molar-refractivity contribution in [2.24, 2.45) is 5.92 Å². The van der Waals surface area contributed by atoms with Crippen molar-refractivity contribution in [3.8, 4) is 0 Å². The van der Waals surface area contributed by atoms with Crippen LogP contribution in [0.15, 0.2) is 0 Å². The first-order valence-corrected chi connectivity index (χ1v) is 4.14. The van der Waals surface area contributed by atoms with E-state index in [-0.39, 0.29) is 12.2 Å². The molecule has 0 rings (SSSR count). The molecule has 0 aromatic heterocycles. The highest BCUT2D eigenvalue weighted by Gasteiger charge is 2.31. The fourth-order valence-corrected chi connectivity index (χ4v) is 0.842. The quantitative estimate of drug-likeness (QED) is 0.352. The van der Waals surface area contributed by atoms with E-state index in [1.807, 2.05) is 0 Å². The van der Waals surface area contributed by atoms with E-state index in [0.29, 0.717) is 0 Å². The molecule has 78 valence electrons. The summed E-state index contributed by atoms with van der Waals surface area (Å²) in [7, 11) is 1.000. The Hall–Kier alpha value is -1.52. The second-order valence-corrected chi connectivity index (χ2v) is 2.73. The van der Waals surface area contributed by atoms with Crippen LogP contribution >= 0.6 is 0 Å². The minimum Gasteiger partial charge on any atom is -0.463 e. The molecule has 0 aromatic carbocycles. The Morgan fingerprint density at radius 2 is 1.71 bits per heavy atom. The molecule has 0 amide bonds. The molecular weight excluding hydrogens is 188 g/mol. The van der Waals surface area contributed by atoms with Crippen molar-refractivity contribution in [3.63, 3.8) is 0 Å². The van der Waals surface area contributed by atoms with Crippen LogP contribution in [0.2, 0.25) is 0 Å². The van der Waals surface area contributed by atoms with Crippen LogP contribution in [0.1, 0.15) is 20.3 Å². The third kappa shape index (κ3) is 2.76. The van der Waals surface area contributed by atoms with Gasteiger partial charge in [0.2, 0.25) is 5.78 Å². The fraction of sp³-hybridized carbons (Fsp3) is 0.556. The molecule has 0 N–H and O–H groups in total. The van der Waals surface area contributed by atoms with Gasteiger partial charge in [-0.05, 0) is 6.92 Å². The fourth-order valence-electron chi connectivity index (χ4n) is 0.842. The van der Waals surface area contributed by atoms with Gasteiger partial charge in [-0.2, -0.15) is 0 Å². The Bertz CT molecular complexity index is 279. The Kier molecular flexibility index (Phi) is 4.69. The van der Waals surface area contributed by atoms with Gasteiger partial charge in [0.15, 0.2) is 0 Å². The van der Waals surface area contributed by atoms with Gasteiger partial charge in [-0.15, -0.1) is 0 Å². The van der Waals surface area contributed by atoms with Gasteiger partial charge < -0.3 is 4.74 Å². The number of esters is 1. The number of Topliss-reactive ketones (excluding diaryl/α,β-unsaturated/α-hetero) is 3. The summed E-state index contributed by atoms with van der Waals surface area (Å²) in [5.41, 5.74) is 0. The smallest absolute Gasteiger partial charge is 0.382 e. The molecule has 0 aliphatic carbocycles. The molecule has 0 aromatic rings. The standard InChI is InChI=1S/C9H12O5/c1-4-6(10)5(2)7(11)8(12)9(13)14-3/h5H,4H2,1-3H3/t5-/m1/s1. The van der Waals surface area contributed by atoms with Crippen LogP contribution in [0, 0.1) is 5.92 Å². The summed E-state index contributed by atoms with van der Waals surface area (Å²) in [5.74, 6) is -4.95. The highest BCUT2D eigenvalue weighted by molar-refractivity contribution is 6.63. The molecule has 0 bridgehead atoms. The summed E-state index contributed by atoms with van der Waals surface area (Å²) < 4.78 is 4.08. The van der Waals surface area contributed by atoms with Gasteiger partial charge in [0, 0.05) is 6.42 Å². The summed E-state index contributed by atoms with van der Waals surface area (Å²) in [6.07, 6.45) is 0.154. The third-order valence-electron chi connectivity index (χ3n) is 1.82. The largest absolute Gasteiger partial charge is 0.463 e. The van der Waals surface area contributed by atoms with Crippen molar-refractivity contribution < 1.29 is 23.9 Å². The van der Waals surface area contributed by atoms with Crippen LogP contribution in [-0.2, 0) is 23.9 Å². The van der Waals surface area contributed by atoms with Gasteiger partial charge in [-0.25, -0.2) is 4.79 Å².